The molecule has 0 fully saturated rings. The molecule has 2 aromatic carbocycles. The molecule has 0 aliphatic carbocycles. The number of hydrogen-bond donors (Lipinski definition) is 2. The van der Waals surface area contributed by atoms with Gasteiger partial charge in [-0.15, -0.1) is 0 Å². The summed E-state index contributed by atoms with van der Waals surface area (Å²) in [4.78, 5) is 0. The number of H-pyrrole nitrogens is 1. The third-order valence-corrected chi connectivity index (χ3v) is 3.26. The van der Waals surface area contributed by atoms with Gasteiger partial charge in [0.1, 0.15) is 11.6 Å². The zero-order valence-electron chi connectivity index (χ0n) is 11.3. The van der Waals surface area contributed by atoms with Crippen molar-refractivity contribution in [1.82, 2.24) is 10.2 Å². The van der Waals surface area contributed by atoms with Gasteiger partial charge in [0, 0.05) is 5.56 Å². The monoisotopic (exact) mass is 285 g/mol. The standard InChI is InChI=1S/C16H13F2N3/c1-9-6-11(8-13(18)7-9)15-14(16(19)21-20-15)10-2-4-12(17)5-3-10/h2-8H,1H3,(H3,19,20,21). The molecule has 0 bridgehead atoms. The van der Waals surface area contributed by atoms with Crippen LogP contribution in [-0.2, 0) is 0 Å². The zero-order valence-corrected chi connectivity index (χ0v) is 11.3. The van der Waals surface area contributed by atoms with Crippen molar-refractivity contribution in [3.05, 3.63) is 59.7 Å². The maximum Gasteiger partial charge on any atom is 0.153 e. The van der Waals surface area contributed by atoms with Crippen LogP contribution in [-0.4, -0.2) is 10.2 Å². The Morgan fingerprint density at radius 2 is 1.67 bits per heavy atom. The van der Waals surface area contributed by atoms with E-state index in [0.717, 1.165) is 11.1 Å². The lowest BCUT2D eigenvalue weighted by Crippen LogP contribution is -1.90. The SMILES string of the molecule is Cc1cc(F)cc(-c2[nH]nc(N)c2-c2ccc(F)cc2)c1. The Kier molecular flexibility index (Phi) is 3.17. The molecule has 21 heavy (non-hydrogen) atoms. The zero-order chi connectivity index (χ0) is 15.0. The van der Waals surface area contributed by atoms with E-state index >= 15 is 0 Å². The molecule has 3 nitrogen and oxygen atoms in total. The minimum atomic E-state index is -0.330. The minimum Gasteiger partial charge on any atom is -0.382 e. The van der Waals surface area contributed by atoms with Gasteiger partial charge in [0.15, 0.2) is 5.82 Å². The average Bonchev–Trinajstić information content (AvgIpc) is 2.80. The van der Waals surface area contributed by atoms with E-state index in [0.29, 0.717) is 22.6 Å². The van der Waals surface area contributed by atoms with Crippen molar-refractivity contribution < 1.29 is 8.78 Å². The number of nitrogen functional groups attached to an aromatic ring is 1. The van der Waals surface area contributed by atoms with E-state index in [9.17, 15) is 8.78 Å². The van der Waals surface area contributed by atoms with Gasteiger partial charge in [-0.1, -0.05) is 12.1 Å². The summed E-state index contributed by atoms with van der Waals surface area (Å²) in [6.45, 7) is 1.81. The van der Waals surface area contributed by atoms with Crippen molar-refractivity contribution in [2.75, 3.05) is 5.73 Å². The number of hydrogen-bond acceptors (Lipinski definition) is 2. The van der Waals surface area contributed by atoms with Crippen LogP contribution in [0, 0.1) is 18.6 Å². The highest BCUT2D eigenvalue weighted by Crippen LogP contribution is 2.35. The number of halogens is 2. The van der Waals surface area contributed by atoms with Crippen molar-refractivity contribution in [2.45, 2.75) is 6.92 Å². The number of aromatic nitrogens is 2. The molecular formula is C16H13F2N3. The highest BCUT2D eigenvalue weighted by atomic mass is 19.1. The Morgan fingerprint density at radius 3 is 2.33 bits per heavy atom. The molecular weight excluding hydrogens is 272 g/mol. The molecule has 0 radical (unpaired) electrons. The maximum atomic E-state index is 13.6. The van der Waals surface area contributed by atoms with Crippen molar-refractivity contribution >= 4 is 5.82 Å². The number of aryl methyl sites for hydroxylation is 1. The van der Waals surface area contributed by atoms with Gasteiger partial charge in [-0.05, 0) is 48.4 Å². The van der Waals surface area contributed by atoms with Crippen molar-refractivity contribution in [3.8, 4) is 22.4 Å². The number of anilines is 1. The molecule has 0 spiro atoms. The smallest absolute Gasteiger partial charge is 0.153 e. The molecule has 0 amide bonds. The van der Waals surface area contributed by atoms with E-state index in [1.807, 2.05) is 13.0 Å². The summed E-state index contributed by atoms with van der Waals surface area (Å²) >= 11 is 0. The van der Waals surface area contributed by atoms with Gasteiger partial charge in [0.25, 0.3) is 0 Å². The fourth-order valence-corrected chi connectivity index (χ4v) is 2.35. The number of nitrogens with zero attached hydrogens (tertiary/aromatic N) is 1. The molecule has 0 atom stereocenters. The van der Waals surface area contributed by atoms with Crippen LogP contribution < -0.4 is 5.73 Å². The lowest BCUT2D eigenvalue weighted by atomic mass is 9.99. The first-order valence-electron chi connectivity index (χ1n) is 6.42. The first kappa shape index (κ1) is 13.3. The summed E-state index contributed by atoms with van der Waals surface area (Å²) < 4.78 is 26.6. The molecule has 5 heteroatoms. The fourth-order valence-electron chi connectivity index (χ4n) is 2.35. The van der Waals surface area contributed by atoms with Crippen LogP contribution in [0.15, 0.2) is 42.5 Å². The number of aromatic amines is 1. The quantitative estimate of drug-likeness (QED) is 0.750. The van der Waals surface area contributed by atoms with E-state index < -0.39 is 0 Å². The summed E-state index contributed by atoms with van der Waals surface area (Å²) in [6, 6.07) is 10.6. The first-order chi connectivity index (χ1) is 10.0. The van der Waals surface area contributed by atoms with Gasteiger partial charge in [-0.2, -0.15) is 5.10 Å². The second kappa shape index (κ2) is 5.01. The maximum absolute atomic E-state index is 13.6. The Bertz CT molecular complexity index is 772. The van der Waals surface area contributed by atoms with Gasteiger partial charge < -0.3 is 5.73 Å². The van der Waals surface area contributed by atoms with Gasteiger partial charge in [-0.25, -0.2) is 8.78 Å². The van der Waals surface area contributed by atoms with Gasteiger partial charge in [0.2, 0.25) is 0 Å². The molecule has 0 unspecified atom stereocenters. The lowest BCUT2D eigenvalue weighted by molar-refractivity contribution is 0.627. The highest BCUT2D eigenvalue weighted by Gasteiger charge is 2.15. The van der Waals surface area contributed by atoms with Crippen LogP contribution in [0.5, 0.6) is 0 Å². The summed E-state index contributed by atoms with van der Waals surface area (Å²) in [6.07, 6.45) is 0. The van der Waals surface area contributed by atoms with Gasteiger partial charge in [-0.3, -0.25) is 5.10 Å². The number of rotatable bonds is 2. The van der Waals surface area contributed by atoms with Gasteiger partial charge >= 0.3 is 0 Å². The molecule has 0 saturated heterocycles. The van der Waals surface area contributed by atoms with Crippen LogP contribution in [0.1, 0.15) is 5.56 Å². The summed E-state index contributed by atoms with van der Waals surface area (Å²) in [5.41, 5.74) is 9.31. The summed E-state index contributed by atoms with van der Waals surface area (Å²) in [7, 11) is 0. The Balaban J connectivity index is 2.19. The molecule has 0 aliphatic heterocycles. The molecule has 0 aliphatic rings. The second-order valence-corrected chi connectivity index (χ2v) is 4.88. The fraction of sp³-hybridized carbons (Fsp3) is 0.0625. The highest BCUT2D eigenvalue weighted by molar-refractivity contribution is 5.87. The predicted molar refractivity (Wildman–Crippen MR) is 78.5 cm³/mol. The molecule has 106 valence electrons. The Hall–Kier alpha value is -2.69. The second-order valence-electron chi connectivity index (χ2n) is 4.88. The van der Waals surface area contributed by atoms with Crippen LogP contribution in [0.3, 0.4) is 0 Å². The average molecular weight is 285 g/mol. The third-order valence-electron chi connectivity index (χ3n) is 3.26. The van der Waals surface area contributed by atoms with Crippen LogP contribution in [0.4, 0.5) is 14.6 Å². The third kappa shape index (κ3) is 2.50. The molecule has 3 aromatic rings. The van der Waals surface area contributed by atoms with Crippen LogP contribution >= 0.6 is 0 Å². The topological polar surface area (TPSA) is 54.7 Å². The van der Waals surface area contributed by atoms with Gasteiger partial charge in [0.05, 0.1) is 11.3 Å². The van der Waals surface area contributed by atoms with Crippen molar-refractivity contribution in [1.29, 1.82) is 0 Å². The normalized spacial score (nSPS) is 10.8. The summed E-state index contributed by atoms with van der Waals surface area (Å²) in [5.74, 6) is -0.370. The van der Waals surface area contributed by atoms with E-state index in [-0.39, 0.29) is 11.6 Å². The molecule has 3 rings (SSSR count). The largest absolute Gasteiger partial charge is 0.382 e. The molecule has 1 aromatic heterocycles. The van der Waals surface area contributed by atoms with Crippen molar-refractivity contribution in [2.24, 2.45) is 0 Å². The molecule has 0 saturated carbocycles. The molecule has 3 N–H and O–H groups in total. The lowest BCUT2D eigenvalue weighted by Gasteiger charge is -2.06. The predicted octanol–water partition coefficient (Wildman–Crippen LogP) is 3.91. The van der Waals surface area contributed by atoms with Crippen molar-refractivity contribution in [3.63, 3.8) is 0 Å². The van der Waals surface area contributed by atoms with E-state index in [1.165, 1.54) is 24.3 Å². The number of nitrogens with two attached hydrogens (primary N) is 1. The minimum absolute atomic E-state index is 0.290. The first-order valence-corrected chi connectivity index (χ1v) is 6.42. The molecule has 1 heterocycles. The Morgan fingerprint density at radius 1 is 0.952 bits per heavy atom. The number of nitrogens with one attached hydrogen (secondary N) is 1. The van der Waals surface area contributed by atoms with E-state index in [1.54, 1.807) is 12.1 Å². The number of benzene rings is 2. The Labute approximate surface area is 120 Å². The van der Waals surface area contributed by atoms with Crippen LogP contribution in [0.2, 0.25) is 0 Å². The summed E-state index contributed by atoms with van der Waals surface area (Å²) in [5, 5.41) is 6.81. The van der Waals surface area contributed by atoms with E-state index in [4.69, 9.17) is 5.73 Å². The van der Waals surface area contributed by atoms with Crippen LogP contribution in [0.25, 0.3) is 22.4 Å². The van der Waals surface area contributed by atoms with E-state index in [2.05, 4.69) is 10.2 Å².